The maximum atomic E-state index is 13.2. The van der Waals surface area contributed by atoms with Gasteiger partial charge in [-0.05, 0) is 24.6 Å². The predicted molar refractivity (Wildman–Crippen MR) is 88.5 cm³/mol. The fraction of sp³-hybridized carbons (Fsp3) is 0.438. The smallest absolute Gasteiger partial charge is 0.306 e. The molecule has 0 unspecified atom stereocenters. The third-order valence-corrected chi connectivity index (χ3v) is 7.13. The van der Waals surface area contributed by atoms with Crippen LogP contribution < -0.4 is 4.90 Å². The minimum Gasteiger partial charge on any atom is -0.306 e. The number of urea groups is 1. The van der Waals surface area contributed by atoms with E-state index in [1.165, 1.54) is 6.07 Å². The normalized spacial score (nSPS) is 26.5. The van der Waals surface area contributed by atoms with E-state index in [-0.39, 0.29) is 10.7 Å². The number of benzene rings is 1. The summed E-state index contributed by atoms with van der Waals surface area (Å²) in [5.74, 6) is -1.14. The lowest BCUT2D eigenvalue weighted by atomic mass is 10.1. The number of nitriles is 1. The molecule has 3 atom stereocenters. The molecule has 31 heavy (non-hydrogen) atoms. The molecule has 15 heteroatoms. The molecule has 4 rings (SSSR count). The molecule has 2 bridgehead atoms. The van der Waals surface area contributed by atoms with Gasteiger partial charge in [0, 0.05) is 12.6 Å². The monoisotopic (exact) mass is 468 g/mol. The summed E-state index contributed by atoms with van der Waals surface area (Å²) in [5, 5.41) is 8.86. The highest BCUT2D eigenvalue weighted by molar-refractivity contribution is 7.90. The molecule has 3 fully saturated rings. The number of imide groups is 1. The first kappa shape index (κ1) is 21.4. The van der Waals surface area contributed by atoms with Gasteiger partial charge in [-0.2, -0.15) is 35.9 Å². The van der Waals surface area contributed by atoms with E-state index in [9.17, 15) is 44.3 Å². The van der Waals surface area contributed by atoms with E-state index in [0.29, 0.717) is 11.0 Å². The minimum atomic E-state index is -5.76. The molecule has 3 aliphatic heterocycles. The molecule has 3 amide bonds. The van der Waals surface area contributed by atoms with Gasteiger partial charge in [-0.15, -0.1) is 0 Å². The van der Waals surface area contributed by atoms with Gasteiger partial charge >= 0.3 is 27.7 Å². The number of piperazine rings is 1. The highest BCUT2D eigenvalue weighted by Crippen LogP contribution is 2.46. The minimum absolute atomic E-state index is 0.118. The molecule has 0 spiro atoms. The van der Waals surface area contributed by atoms with Crippen molar-refractivity contribution in [2.45, 2.75) is 36.2 Å². The van der Waals surface area contributed by atoms with Crippen LogP contribution in [0, 0.1) is 11.3 Å². The first-order valence-electron chi connectivity index (χ1n) is 8.56. The fourth-order valence-corrected chi connectivity index (χ4v) is 5.46. The Balaban J connectivity index is 1.72. The van der Waals surface area contributed by atoms with Crippen molar-refractivity contribution in [2.24, 2.45) is 0 Å². The van der Waals surface area contributed by atoms with E-state index < -0.39 is 75.1 Å². The zero-order valence-corrected chi connectivity index (χ0v) is 15.8. The van der Waals surface area contributed by atoms with E-state index in [0.717, 1.165) is 17.0 Å². The quantitative estimate of drug-likeness (QED) is 0.488. The van der Waals surface area contributed by atoms with Crippen molar-refractivity contribution in [1.29, 1.82) is 5.26 Å². The van der Waals surface area contributed by atoms with Crippen LogP contribution in [0.15, 0.2) is 18.2 Å². The van der Waals surface area contributed by atoms with E-state index in [1.54, 1.807) is 0 Å². The zero-order chi connectivity index (χ0) is 23.1. The SMILES string of the molecule is N#Cc1ccc(N2C(=O)[C@@H]3[C@@H]4C[C@@H](CN4S(=O)(=O)C(F)(F)F)N3C2=O)cc1C(F)(F)F. The number of fused-ring (bicyclic) bond motifs is 5. The topological polar surface area (TPSA) is 102 Å². The number of hydrogen-bond acceptors (Lipinski definition) is 5. The molecule has 8 nitrogen and oxygen atoms in total. The van der Waals surface area contributed by atoms with Crippen molar-refractivity contribution in [3.8, 4) is 6.07 Å². The van der Waals surface area contributed by atoms with Gasteiger partial charge in [0.25, 0.3) is 5.91 Å². The van der Waals surface area contributed by atoms with Crippen molar-refractivity contribution in [3.05, 3.63) is 29.3 Å². The van der Waals surface area contributed by atoms with E-state index in [2.05, 4.69) is 0 Å². The van der Waals surface area contributed by atoms with Gasteiger partial charge < -0.3 is 4.90 Å². The highest BCUT2D eigenvalue weighted by Gasteiger charge is 2.67. The summed E-state index contributed by atoms with van der Waals surface area (Å²) < 4.78 is 102. The average molecular weight is 468 g/mol. The summed E-state index contributed by atoms with van der Waals surface area (Å²) >= 11 is 0. The summed E-state index contributed by atoms with van der Waals surface area (Å²) in [7, 11) is -5.76. The van der Waals surface area contributed by atoms with Gasteiger partial charge in [0.05, 0.1) is 28.9 Å². The van der Waals surface area contributed by atoms with Crippen molar-refractivity contribution in [1.82, 2.24) is 9.21 Å². The number of sulfonamides is 1. The van der Waals surface area contributed by atoms with E-state index in [4.69, 9.17) is 5.26 Å². The molecule has 3 heterocycles. The van der Waals surface area contributed by atoms with Crippen LogP contribution in [0.25, 0.3) is 0 Å². The maximum absolute atomic E-state index is 13.2. The van der Waals surface area contributed by atoms with Crippen molar-refractivity contribution in [2.75, 3.05) is 11.4 Å². The lowest BCUT2D eigenvalue weighted by molar-refractivity contribution is -0.137. The third kappa shape index (κ3) is 2.88. The van der Waals surface area contributed by atoms with Crippen LogP contribution in [0.4, 0.5) is 36.8 Å². The molecule has 0 aromatic heterocycles. The van der Waals surface area contributed by atoms with Crippen LogP contribution in [0.2, 0.25) is 0 Å². The molecule has 3 saturated heterocycles. The molecule has 3 aliphatic rings. The largest absolute Gasteiger partial charge is 0.511 e. The van der Waals surface area contributed by atoms with Gasteiger partial charge in [0.1, 0.15) is 6.04 Å². The third-order valence-electron chi connectivity index (χ3n) is 5.51. The second-order valence-electron chi connectivity index (χ2n) is 7.13. The molecular weight excluding hydrogens is 458 g/mol. The molecule has 166 valence electrons. The van der Waals surface area contributed by atoms with Gasteiger partial charge in [0.15, 0.2) is 0 Å². The van der Waals surface area contributed by atoms with Gasteiger partial charge in [-0.1, -0.05) is 0 Å². The lowest BCUT2D eigenvalue weighted by Crippen LogP contribution is -2.57. The molecular formula is C16H10F6N4O4S. The summed E-state index contributed by atoms with van der Waals surface area (Å²) in [6.45, 7) is -0.683. The highest BCUT2D eigenvalue weighted by atomic mass is 32.2. The van der Waals surface area contributed by atoms with Crippen molar-refractivity contribution < 1.29 is 44.3 Å². The summed E-state index contributed by atoms with van der Waals surface area (Å²) in [6, 6.07) is -1.72. The van der Waals surface area contributed by atoms with Gasteiger partial charge in [-0.3, -0.25) is 4.79 Å². The van der Waals surface area contributed by atoms with E-state index in [1.807, 2.05) is 0 Å². The number of carbonyl (C=O) groups excluding carboxylic acids is 2. The second kappa shape index (κ2) is 6.33. The molecule has 0 saturated carbocycles. The predicted octanol–water partition coefficient (Wildman–Crippen LogP) is 2.02. The Bertz CT molecular complexity index is 1140. The number of hydrogen-bond donors (Lipinski definition) is 0. The fourth-order valence-electron chi connectivity index (χ4n) is 4.27. The van der Waals surface area contributed by atoms with Crippen LogP contribution in [0.1, 0.15) is 17.5 Å². The zero-order valence-electron chi connectivity index (χ0n) is 15.0. The van der Waals surface area contributed by atoms with Crippen LogP contribution >= 0.6 is 0 Å². The average Bonchev–Trinajstić information content (AvgIpc) is 3.31. The van der Waals surface area contributed by atoms with Crippen LogP contribution in [-0.4, -0.2) is 59.7 Å². The number of alkyl halides is 6. The Morgan fingerprint density at radius 3 is 2.29 bits per heavy atom. The summed E-state index contributed by atoms with van der Waals surface area (Å²) in [4.78, 5) is 26.9. The summed E-state index contributed by atoms with van der Waals surface area (Å²) in [5.41, 5.74) is -8.29. The number of anilines is 1. The number of carbonyl (C=O) groups is 2. The molecule has 0 radical (unpaired) electrons. The van der Waals surface area contributed by atoms with Gasteiger partial charge in [0.2, 0.25) is 0 Å². The standard InChI is InChI=1S/C16H10F6N4O4S/c17-15(18,19)10-3-8(2-1-7(10)5-23)26-13(27)12-11-4-9(25(12)14(26)28)6-24(11)31(29,30)16(20,21)22/h1-3,9,11-12H,4,6H2/t9-,11-,12-/m0/s1. The van der Waals surface area contributed by atoms with E-state index >= 15 is 0 Å². The van der Waals surface area contributed by atoms with Crippen molar-refractivity contribution in [3.63, 3.8) is 0 Å². The van der Waals surface area contributed by atoms with Crippen LogP contribution in [0.5, 0.6) is 0 Å². The Hall–Kier alpha value is -2.86. The van der Waals surface area contributed by atoms with Crippen molar-refractivity contribution >= 4 is 27.6 Å². The number of rotatable bonds is 2. The summed E-state index contributed by atoms with van der Waals surface area (Å²) in [6.07, 6.45) is -5.17. The first-order chi connectivity index (χ1) is 14.2. The Morgan fingerprint density at radius 1 is 1.10 bits per heavy atom. The molecule has 1 aromatic rings. The lowest BCUT2D eigenvalue weighted by Gasteiger charge is -2.34. The number of halogens is 6. The second-order valence-corrected chi connectivity index (χ2v) is 9.01. The Labute approximate surface area is 170 Å². The van der Waals surface area contributed by atoms with Gasteiger partial charge in [-0.25, -0.2) is 18.1 Å². The number of nitrogens with zero attached hydrogens (tertiary/aromatic N) is 4. The maximum Gasteiger partial charge on any atom is 0.511 e. The Morgan fingerprint density at radius 2 is 1.74 bits per heavy atom. The molecule has 0 N–H and O–H groups in total. The van der Waals surface area contributed by atoms with Crippen LogP contribution in [0.3, 0.4) is 0 Å². The number of amides is 3. The molecule has 1 aromatic carbocycles. The Kier molecular flexibility index (Phi) is 4.36. The first-order valence-corrected chi connectivity index (χ1v) is 10.00. The molecule has 0 aliphatic carbocycles. The van der Waals surface area contributed by atoms with Crippen LogP contribution in [-0.2, 0) is 21.0 Å².